The van der Waals surface area contributed by atoms with E-state index in [4.69, 9.17) is 23.2 Å². The van der Waals surface area contributed by atoms with Crippen molar-refractivity contribution in [3.63, 3.8) is 0 Å². The Morgan fingerprint density at radius 3 is 2.26 bits per heavy atom. The summed E-state index contributed by atoms with van der Waals surface area (Å²) < 4.78 is 0. The minimum absolute atomic E-state index is 0.0916. The number of hydrogen-bond donors (Lipinski definition) is 1. The lowest BCUT2D eigenvalue weighted by molar-refractivity contribution is -0.134. The number of carbonyl (C=O) groups is 2. The van der Waals surface area contributed by atoms with E-state index >= 15 is 0 Å². The number of anilines is 2. The first-order chi connectivity index (χ1) is 18.9. The topological polar surface area (TPSA) is 72.0 Å². The molecular weight excluding hydrogens is 555 g/mol. The van der Waals surface area contributed by atoms with Crippen LogP contribution in [-0.2, 0) is 11.2 Å². The van der Waals surface area contributed by atoms with Crippen molar-refractivity contribution in [1.29, 1.82) is 0 Å². The molecule has 0 spiro atoms. The maximum atomic E-state index is 13.0. The van der Waals surface area contributed by atoms with Crippen LogP contribution in [-0.4, -0.2) is 102 Å². The number of piperazine rings is 2. The molecule has 0 aliphatic carbocycles. The van der Waals surface area contributed by atoms with E-state index in [1.54, 1.807) is 17.5 Å². The molecule has 2 saturated heterocycles. The molecule has 0 radical (unpaired) electrons. The number of aromatic nitrogens is 1. The van der Waals surface area contributed by atoms with Gasteiger partial charge in [-0.05, 0) is 30.2 Å². The molecule has 2 aliphatic rings. The van der Waals surface area contributed by atoms with E-state index < -0.39 is 0 Å². The highest BCUT2D eigenvalue weighted by Gasteiger charge is 2.27. The average Bonchev–Trinajstić information content (AvgIpc) is 3.43. The van der Waals surface area contributed by atoms with Crippen LogP contribution in [0.2, 0.25) is 10.0 Å². The number of nitrogens with zero attached hydrogens (tertiary/aromatic N) is 5. The van der Waals surface area contributed by atoms with Crippen LogP contribution in [0.15, 0.2) is 53.9 Å². The van der Waals surface area contributed by atoms with Crippen molar-refractivity contribution in [3.8, 4) is 0 Å². The molecule has 3 aromatic rings. The second-order valence-electron chi connectivity index (χ2n) is 9.82. The van der Waals surface area contributed by atoms with Gasteiger partial charge in [-0.3, -0.25) is 19.4 Å². The summed E-state index contributed by atoms with van der Waals surface area (Å²) in [6.07, 6.45) is 1.04. The zero-order valence-electron chi connectivity index (χ0n) is 21.7. The molecule has 0 atom stereocenters. The molecule has 5 rings (SSSR count). The fourth-order valence-corrected chi connectivity index (χ4v) is 5.84. The number of benzene rings is 2. The maximum Gasteiger partial charge on any atom is 0.273 e. The van der Waals surface area contributed by atoms with Gasteiger partial charge in [0.05, 0.1) is 16.6 Å². The van der Waals surface area contributed by atoms with Crippen LogP contribution >= 0.6 is 34.5 Å². The Morgan fingerprint density at radius 2 is 1.54 bits per heavy atom. The predicted octanol–water partition coefficient (Wildman–Crippen LogP) is 4.34. The van der Waals surface area contributed by atoms with Crippen molar-refractivity contribution >= 4 is 57.2 Å². The summed E-state index contributed by atoms with van der Waals surface area (Å²) in [7, 11) is 0. The van der Waals surface area contributed by atoms with Crippen molar-refractivity contribution in [2.45, 2.75) is 6.42 Å². The van der Waals surface area contributed by atoms with E-state index in [1.165, 1.54) is 16.9 Å². The van der Waals surface area contributed by atoms with E-state index in [0.29, 0.717) is 53.6 Å². The molecule has 3 heterocycles. The molecule has 206 valence electrons. The molecule has 2 amide bonds. The molecule has 1 N–H and O–H groups in total. The van der Waals surface area contributed by atoms with Gasteiger partial charge in [0, 0.05) is 70.0 Å². The van der Waals surface area contributed by atoms with Crippen LogP contribution in [0.5, 0.6) is 0 Å². The first-order valence-electron chi connectivity index (χ1n) is 13.2. The second-order valence-corrected chi connectivity index (χ2v) is 11.5. The number of rotatable bonds is 8. The zero-order chi connectivity index (χ0) is 27.2. The minimum atomic E-state index is -0.0916. The van der Waals surface area contributed by atoms with Crippen molar-refractivity contribution in [2.24, 2.45) is 0 Å². The third kappa shape index (κ3) is 7.49. The highest BCUT2D eigenvalue weighted by molar-refractivity contribution is 7.14. The van der Waals surface area contributed by atoms with Crippen LogP contribution in [0.25, 0.3) is 0 Å². The van der Waals surface area contributed by atoms with Crippen molar-refractivity contribution in [2.75, 3.05) is 70.8 Å². The maximum absolute atomic E-state index is 13.0. The van der Waals surface area contributed by atoms with Crippen LogP contribution in [0.3, 0.4) is 0 Å². The Morgan fingerprint density at radius 1 is 0.846 bits per heavy atom. The fourth-order valence-electron chi connectivity index (χ4n) is 4.84. The molecule has 8 nitrogen and oxygen atoms in total. The second kappa shape index (κ2) is 13.1. The SMILES string of the molecule is O=C(CN1CCN(C(=O)c2csc(Nc3ccc(Cl)c(Cl)c3)n2)CC1)N1CCN(CCc2ccccc2)CC1. The number of carbonyl (C=O) groups excluding carboxylic acids is 2. The molecule has 2 aliphatic heterocycles. The molecule has 0 unspecified atom stereocenters. The Hall–Kier alpha value is -2.69. The van der Waals surface area contributed by atoms with E-state index in [1.807, 2.05) is 21.9 Å². The van der Waals surface area contributed by atoms with Crippen LogP contribution in [0.1, 0.15) is 16.1 Å². The first-order valence-corrected chi connectivity index (χ1v) is 14.8. The van der Waals surface area contributed by atoms with Gasteiger partial charge in [-0.15, -0.1) is 11.3 Å². The molecule has 11 heteroatoms. The van der Waals surface area contributed by atoms with Gasteiger partial charge in [-0.1, -0.05) is 53.5 Å². The molecule has 0 bridgehead atoms. The summed E-state index contributed by atoms with van der Waals surface area (Å²) in [5, 5.41) is 6.47. The van der Waals surface area contributed by atoms with Gasteiger partial charge < -0.3 is 15.1 Å². The van der Waals surface area contributed by atoms with E-state index in [2.05, 4.69) is 44.4 Å². The van der Waals surface area contributed by atoms with Gasteiger partial charge in [0.1, 0.15) is 5.69 Å². The van der Waals surface area contributed by atoms with Crippen molar-refractivity contribution < 1.29 is 9.59 Å². The summed E-state index contributed by atoms with van der Waals surface area (Å²) in [6.45, 7) is 7.29. The monoisotopic (exact) mass is 586 g/mol. The fraction of sp³-hybridized carbons (Fsp3) is 0.393. The van der Waals surface area contributed by atoms with Crippen molar-refractivity contribution in [1.82, 2.24) is 24.6 Å². The summed E-state index contributed by atoms with van der Waals surface area (Å²) in [5.74, 6) is 0.0843. The lowest BCUT2D eigenvalue weighted by Gasteiger charge is -2.38. The van der Waals surface area contributed by atoms with Crippen LogP contribution < -0.4 is 5.32 Å². The Labute approximate surface area is 243 Å². The molecule has 2 fully saturated rings. The van der Waals surface area contributed by atoms with Gasteiger partial charge in [0.15, 0.2) is 5.13 Å². The van der Waals surface area contributed by atoms with Crippen LogP contribution in [0, 0.1) is 0 Å². The third-order valence-electron chi connectivity index (χ3n) is 7.20. The number of halogens is 2. The van der Waals surface area contributed by atoms with Crippen LogP contribution in [0.4, 0.5) is 10.8 Å². The molecular formula is C28H32Cl2N6O2S. The van der Waals surface area contributed by atoms with E-state index in [0.717, 1.165) is 44.8 Å². The Kier molecular flexibility index (Phi) is 9.36. The lowest BCUT2D eigenvalue weighted by Crippen LogP contribution is -2.54. The minimum Gasteiger partial charge on any atom is -0.339 e. The Balaban J connectivity index is 1.03. The van der Waals surface area contributed by atoms with Crippen molar-refractivity contribution in [3.05, 3.63) is 75.2 Å². The summed E-state index contributed by atoms with van der Waals surface area (Å²) >= 11 is 13.4. The smallest absolute Gasteiger partial charge is 0.273 e. The standard InChI is InChI=1S/C28H32Cl2N6O2S/c29-23-7-6-22(18-24(23)30)31-28-32-25(20-39-28)27(38)36-16-12-34(13-17-36)19-26(37)35-14-10-33(11-15-35)9-8-21-4-2-1-3-5-21/h1-7,18,20H,8-17,19H2,(H,31,32). The van der Waals surface area contributed by atoms with Gasteiger partial charge in [0.2, 0.25) is 5.91 Å². The highest BCUT2D eigenvalue weighted by Crippen LogP contribution is 2.28. The van der Waals surface area contributed by atoms with Gasteiger partial charge in [-0.25, -0.2) is 4.98 Å². The molecule has 39 heavy (non-hydrogen) atoms. The number of amides is 2. The quantitative estimate of drug-likeness (QED) is 0.423. The molecule has 0 saturated carbocycles. The summed E-state index contributed by atoms with van der Waals surface area (Å²) in [5.41, 5.74) is 2.52. The van der Waals surface area contributed by atoms with Gasteiger partial charge >= 0.3 is 0 Å². The lowest BCUT2D eigenvalue weighted by atomic mass is 10.1. The van der Waals surface area contributed by atoms with Gasteiger partial charge in [0.25, 0.3) is 5.91 Å². The third-order valence-corrected chi connectivity index (χ3v) is 8.69. The van der Waals surface area contributed by atoms with Gasteiger partial charge in [-0.2, -0.15) is 0 Å². The molecule has 1 aromatic heterocycles. The largest absolute Gasteiger partial charge is 0.339 e. The summed E-state index contributed by atoms with van der Waals surface area (Å²) in [4.78, 5) is 38.8. The Bertz CT molecular complexity index is 1270. The average molecular weight is 588 g/mol. The zero-order valence-corrected chi connectivity index (χ0v) is 24.0. The summed E-state index contributed by atoms with van der Waals surface area (Å²) in [6, 6.07) is 15.8. The number of hydrogen-bond acceptors (Lipinski definition) is 7. The number of nitrogens with one attached hydrogen (secondary N) is 1. The first kappa shape index (κ1) is 27.9. The van der Waals surface area contributed by atoms with E-state index in [9.17, 15) is 9.59 Å². The predicted molar refractivity (Wildman–Crippen MR) is 157 cm³/mol. The molecule has 2 aromatic carbocycles. The highest BCUT2D eigenvalue weighted by atomic mass is 35.5. The number of thiazole rings is 1. The normalized spacial score (nSPS) is 16.9. The van der Waals surface area contributed by atoms with E-state index in [-0.39, 0.29) is 11.8 Å².